The number of para-hydroxylation sites is 1. The van der Waals surface area contributed by atoms with Crippen LogP contribution in [0.2, 0.25) is 0 Å². The molecular weight excluding hydrogens is 300 g/mol. The first kappa shape index (κ1) is 14.0. The Balaban J connectivity index is 1.45. The molecule has 0 aliphatic carbocycles. The largest absolute Gasteiger partial charge is 0.346 e. The van der Waals surface area contributed by atoms with E-state index in [2.05, 4.69) is 33.4 Å². The number of nitrogens with one attached hydrogen (secondary N) is 1. The van der Waals surface area contributed by atoms with Crippen molar-refractivity contribution in [2.45, 2.75) is 18.9 Å². The molecule has 0 spiro atoms. The quantitative estimate of drug-likeness (QED) is 0.788. The number of hydrogen-bond donors (Lipinski definition) is 1. The van der Waals surface area contributed by atoms with Crippen molar-refractivity contribution in [3.8, 4) is 0 Å². The summed E-state index contributed by atoms with van der Waals surface area (Å²) in [5.74, 6) is 0.559. The first-order valence-corrected chi connectivity index (χ1v) is 8.67. The number of fused-ring (bicyclic) bond motifs is 6. The highest BCUT2D eigenvalue weighted by Crippen LogP contribution is 2.27. The van der Waals surface area contributed by atoms with Gasteiger partial charge in [-0.05, 0) is 44.0 Å². The second-order valence-corrected chi connectivity index (χ2v) is 6.99. The third kappa shape index (κ3) is 2.19. The van der Waals surface area contributed by atoms with Crippen LogP contribution in [0.25, 0.3) is 16.4 Å². The van der Waals surface area contributed by atoms with E-state index in [0.29, 0.717) is 11.6 Å². The maximum atomic E-state index is 12.7. The molecule has 3 aliphatic heterocycles. The summed E-state index contributed by atoms with van der Waals surface area (Å²) < 4.78 is 2.05. The van der Waals surface area contributed by atoms with Crippen LogP contribution in [0.3, 0.4) is 0 Å². The molecule has 24 heavy (non-hydrogen) atoms. The first-order valence-electron chi connectivity index (χ1n) is 8.67. The van der Waals surface area contributed by atoms with E-state index in [-0.39, 0.29) is 11.9 Å². The number of amides is 1. The molecule has 1 aromatic carbocycles. The number of rotatable bonds is 2. The fourth-order valence-corrected chi connectivity index (χ4v) is 4.22. The zero-order valence-corrected chi connectivity index (χ0v) is 13.5. The highest BCUT2D eigenvalue weighted by atomic mass is 16.2. The van der Waals surface area contributed by atoms with Crippen LogP contribution in [0, 0.1) is 5.92 Å². The van der Waals surface area contributed by atoms with Gasteiger partial charge in [0.25, 0.3) is 5.91 Å². The van der Waals surface area contributed by atoms with E-state index in [1.807, 2.05) is 22.7 Å². The van der Waals surface area contributed by atoms with Crippen molar-refractivity contribution in [2.24, 2.45) is 5.92 Å². The standard InChI is InChI=1S/C19H20N4O/c24-19(21-16-11-22-7-5-13(16)6-8-22)17-12-23-15(10-20-17)9-14-3-1-2-4-18(14)23/h1-4,9-10,12-13,16H,5-8,11H2,(H,21,24)/t16-/m0/s1. The predicted octanol–water partition coefficient (Wildman–Crippen LogP) is 2.31. The molecule has 5 heteroatoms. The van der Waals surface area contributed by atoms with Gasteiger partial charge in [-0.25, -0.2) is 4.98 Å². The van der Waals surface area contributed by atoms with Crippen molar-refractivity contribution in [2.75, 3.05) is 19.6 Å². The summed E-state index contributed by atoms with van der Waals surface area (Å²) in [5, 5.41) is 4.38. The van der Waals surface area contributed by atoms with Crippen molar-refractivity contribution < 1.29 is 4.79 Å². The molecular formula is C19H20N4O. The molecule has 122 valence electrons. The number of nitrogens with zero attached hydrogens (tertiary/aromatic N) is 3. The number of carbonyl (C=O) groups excluding carboxylic acids is 1. The average Bonchev–Trinajstić information content (AvgIpc) is 3.00. The van der Waals surface area contributed by atoms with E-state index in [0.717, 1.165) is 23.0 Å². The zero-order valence-electron chi connectivity index (χ0n) is 13.5. The molecule has 0 unspecified atom stereocenters. The molecule has 0 saturated carbocycles. The van der Waals surface area contributed by atoms with E-state index in [4.69, 9.17) is 0 Å². The van der Waals surface area contributed by atoms with Gasteiger partial charge in [-0.1, -0.05) is 18.2 Å². The predicted molar refractivity (Wildman–Crippen MR) is 93.1 cm³/mol. The van der Waals surface area contributed by atoms with Crippen LogP contribution in [-0.2, 0) is 0 Å². The fourth-order valence-electron chi connectivity index (χ4n) is 4.22. The average molecular weight is 320 g/mol. The van der Waals surface area contributed by atoms with E-state index >= 15 is 0 Å². The summed E-state index contributed by atoms with van der Waals surface area (Å²) in [6.07, 6.45) is 6.03. The molecule has 0 radical (unpaired) electrons. The Bertz CT molecular complexity index is 923. The first-order chi connectivity index (χ1) is 11.8. The summed E-state index contributed by atoms with van der Waals surface area (Å²) in [4.78, 5) is 19.5. The van der Waals surface area contributed by atoms with Crippen LogP contribution in [0.15, 0.2) is 42.7 Å². The minimum Gasteiger partial charge on any atom is -0.346 e. The Morgan fingerprint density at radius 2 is 2.04 bits per heavy atom. The van der Waals surface area contributed by atoms with Crippen LogP contribution < -0.4 is 5.32 Å². The maximum absolute atomic E-state index is 12.7. The number of benzene rings is 1. The van der Waals surface area contributed by atoms with Crippen LogP contribution in [0.4, 0.5) is 0 Å². The Labute approximate surface area is 140 Å². The number of carbonyl (C=O) groups is 1. The number of piperidine rings is 3. The second kappa shape index (κ2) is 5.31. The lowest BCUT2D eigenvalue weighted by Crippen LogP contribution is -2.57. The van der Waals surface area contributed by atoms with Crippen LogP contribution in [-0.4, -0.2) is 45.9 Å². The second-order valence-electron chi connectivity index (χ2n) is 6.99. The van der Waals surface area contributed by atoms with Gasteiger partial charge in [0.05, 0.1) is 17.2 Å². The highest BCUT2D eigenvalue weighted by molar-refractivity contribution is 5.94. The molecule has 1 N–H and O–H groups in total. The SMILES string of the molecule is O=C(N[C@H]1CN2CCC1CC2)c1cn2c(cn1)cc1ccccc12. The normalized spacial score (nSPS) is 26.1. The molecule has 3 saturated heterocycles. The molecule has 5 heterocycles. The molecule has 3 aliphatic rings. The van der Waals surface area contributed by atoms with Gasteiger partial charge in [0.15, 0.2) is 0 Å². The van der Waals surface area contributed by atoms with Crippen molar-refractivity contribution in [1.29, 1.82) is 0 Å². The van der Waals surface area contributed by atoms with Gasteiger partial charge < -0.3 is 14.6 Å². The molecule has 3 aromatic rings. The van der Waals surface area contributed by atoms with Crippen molar-refractivity contribution in [3.05, 3.63) is 48.4 Å². The van der Waals surface area contributed by atoms with Crippen molar-refractivity contribution in [3.63, 3.8) is 0 Å². The van der Waals surface area contributed by atoms with Crippen LogP contribution in [0.1, 0.15) is 23.3 Å². The van der Waals surface area contributed by atoms with Crippen LogP contribution >= 0.6 is 0 Å². The topological polar surface area (TPSA) is 49.6 Å². The zero-order chi connectivity index (χ0) is 16.1. The van der Waals surface area contributed by atoms with E-state index in [1.165, 1.54) is 25.9 Å². The molecule has 6 rings (SSSR count). The van der Waals surface area contributed by atoms with Gasteiger partial charge >= 0.3 is 0 Å². The summed E-state index contributed by atoms with van der Waals surface area (Å²) in [6, 6.07) is 10.5. The summed E-state index contributed by atoms with van der Waals surface area (Å²) in [6.45, 7) is 3.33. The third-order valence-corrected chi connectivity index (χ3v) is 5.57. The summed E-state index contributed by atoms with van der Waals surface area (Å²) in [5.41, 5.74) is 2.60. The van der Waals surface area contributed by atoms with Gasteiger partial charge in [-0.3, -0.25) is 4.79 Å². The molecule has 1 atom stereocenters. The monoisotopic (exact) mass is 320 g/mol. The fraction of sp³-hybridized carbons (Fsp3) is 0.368. The van der Waals surface area contributed by atoms with Gasteiger partial charge in [-0.15, -0.1) is 0 Å². The lowest BCUT2D eigenvalue weighted by atomic mass is 9.84. The Hall–Kier alpha value is -2.40. The minimum absolute atomic E-state index is 0.0616. The van der Waals surface area contributed by atoms with Gasteiger partial charge in [0.1, 0.15) is 5.69 Å². The lowest BCUT2D eigenvalue weighted by Gasteiger charge is -2.44. The summed E-state index contributed by atoms with van der Waals surface area (Å²) >= 11 is 0. The van der Waals surface area contributed by atoms with E-state index in [1.54, 1.807) is 6.20 Å². The van der Waals surface area contributed by atoms with E-state index in [9.17, 15) is 4.79 Å². The van der Waals surface area contributed by atoms with Gasteiger partial charge in [0.2, 0.25) is 0 Å². The smallest absolute Gasteiger partial charge is 0.271 e. The molecule has 1 amide bonds. The van der Waals surface area contributed by atoms with E-state index < -0.39 is 0 Å². The van der Waals surface area contributed by atoms with Gasteiger partial charge in [-0.2, -0.15) is 0 Å². The Morgan fingerprint density at radius 3 is 2.83 bits per heavy atom. The van der Waals surface area contributed by atoms with Crippen molar-refractivity contribution in [1.82, 2.24) is 19.6 Å². The third-order valence-electron chi connectivity index (χ3n) is 5.57. The molecule has 5 nitrogen and oxygen atoms in total. The Morgan fingerprint density at radius 1 is 1.21 bits per heavy atom. The highest BCUT2D eigenvalue weighted by Gasteiger charge is 2.35. The van der Waals surface area contributed by atoms with Crippen molar-refractivity contribution >= 4 is 22.3 Å². The lowest BCUT2D eigenvalue weighted by molar-refractivity contribution is 0.0617. The minimum atomic E-state index is -0.0616. The molecule has 2 aromatic heterocycles. The Kier molecular flexibility index (Phi) is 3.10. The van der Waals surface area contributed by atoms with Crippen LogP contribution in [0.5, 0.6) is 0 Å². The number of aromatic nitrogens is 2. The molecule has 3 fully saturated rings. The number of hydrogen-bond acceptors (Lipinski definition) is 3. The van der Waals surface area contributed by atoms with Gasteiger partial charge in [0, 0.05) is 24.2 Å². The molecule has 2 bridgehead atoms. The maximum Gasteiger partial charge on any atom is 0.271 e. The summed E-state index contributed by atoms with van der Waals surface area (Å²) in [7, 11) is 0.